The molecule has 16 nitrogen and oxygen atoms in total. The molecule has 0 spiro atoms. The number of phenolic OH excluding ortho intramolecular Hbond substituents is 4. The molecule has 0 aromatic heterocycles. The van der Waals surface area contributed by atoms with E-state index in [1.807, 2.05) is 0 Å². The van der Waals surface area contributed by atoms with Crippen LogP contribution in [0.4, 0.5) is 0 Å². The summed E-state index contributed by atoms with van der Waals surface area (Å²) in [7, 11) is 0. The van der Waals surface area contributed by atoms with Crippen LogP contribution in [0, 0.1) is 150 Å². The van der Waals surface area contributed by atoms with Crippen molar-refractivity contribution in [3.63, 3.8) is 0 Å². The number of nitrogens with zero attached hydrogens (tertiary/aromatic N) is 12. The monoisotopic (exact) mass is 782 g/mol. The summed E-state index contributed by atoms with van der Waals surface area (Å²) in [5, 5.41) is 139. The highest BCUT2D eigenvalue weighted by atomic mass is 16.3. The summed E-state index contributed by atoms with van der Waals surface area (Å²) in [6.07, 6.45) is 0. The van der Waals surface area contributed by atoms with Gasteiger partial charge in [0, 0.05) is 12.1 Å². The molecule has 0 saturated carbocycles. The summed E-state index contributed by atoms with van der Waals surface area (Å²) in [4.78, 5) is 0. The molecule has 0 unspecified atom stereocenters. The molecule has 0 saturated heterocycles. The van der Waals surface area contributed by atoms with E-state index in [0.717, 1.165) is 11.1 Å². The van der Waals surface area contributed by atoms with Crippen molar-refractivity contribution in [3.8, 4) is 95.8 Å². The molecule has 0 fully saturated rings. The lowest BCUT2D eigenvalue weighted by Crippen LogP contribution is -1.90. The Morgan fingerprint density at radius 3 is 0.433 bits per heavy atom. The fraction of sp³-hybridized carbons (Fsp3) is 0.0455. The van der Waals surface area contributed by atoms with Crippen molar-refractivity contribution in [2.75, 3.05) is 0 Å². The van der Waals surface area contributed by atoms with E-state index in [4.69, 9.17) is 83.6 Å². The van der Waals surface area contributed by atoms with E-state index in [1.165, 1.54) is 48.5 Å². The Balaban J connectivity index is 0.000000380. The zero-order valence-corrected chi connectivity index (χ0v) is 31.1. The lowest BCUT2D eigenvalue weighted by atomic mass is 10.0. The molecule has 16 heteroatoms. The van der Waals surface area contributed by atoms with Gasteiger partial charge in [0.1, 0.15) is 95.8 Å². The van der Waals surface area contributed by atoms with Crippen LogP contribution in [0.3, 0.4) is 0 Å². The second kappa shape index (κ2) is 23.8. The minimum Gasteiger partial charge on any atom is -0.508 e. The van der Waals surface area contributed by atoms with E-state index in [-0.39, 0.29) is 89.8 Å². The van der Waals surface area contributed by atoms with Crippen LogP contribution in [0.2, 0.25) is 0 Å². The quantitative estimate of drug-likeness (QED) is 0.133. The first-order valence-electron chi connectivity index (χ1n) is 16.0. The van der Waals surface area contributed by atoms with Crippen molar-refractivity contribution < 1.29 is 20.4 Å². The second-order valence-electron chi connectivity index (χ2n) is 11.2. The van der Waals surface area contributed by atoms with Crippen LogP contribution >= 0.6 is 0 Å². The fourth-order valence-corrected chi connectivity index (χ4v) is 4.40. The van der Waals surface area contributed by atoms with Gasteiger partial charge in [-0.15, -0.1) is 0 Å². The molecule has 0 atom stereocenters. The third-order valence-corrected chi connectivity index (χ3v) is 7.01. The predicted molar refractivity (Wildman–Crippen MR) is 205 cm³/mol. The van der Waals surface area contributed by atoms with Crippen LogP contribution in [0.15, 0.2) is 72.8 Å². The average Bonchev–Trinajstić information content (AvgIpc) is 3.24. The van der Waals surface area contributed by atoms with Crippen LogP contribution in [0.5, 0.6) is 23.0 Å². The van der Waals surface area contributed by atoms with Crippen molar-refractivity contribution in [1.29, 1.82) is 63.1 Å². The van der Waals surface area contributed by atoms with E-state index >= 15 is 0 Å². The number of aryl methyl sites for hydroxylation is 2. The van der Waals surface area contributed by atoms with Crippen LogP contribution in [-0.4, -0.2) is 20.4 Å². The second-order valence-corrected chi connectivity index (χ2v) is 11.2. The first kappa shape index (κ1) is 47.2. The van der Waals surface area contributed by atoms with Gasteiger partial charge < -0.3 is 20.4 Å². The van der Waals surface area contributed by atoms with Gasteiger partial charge in [-0.3, -0.25) is 0 Å². The molecule has 60 heavy (non-hydrogen) atoms. The van der Waals surface area contributed by atoms with Gasteiger partial charge in [0.15, 0.2) is 0 Å². The topological polar surface area (TPSA) is 366 Å². The molecular weight excluding hydrogens is 761 g/mol. The molecule has 0 aliphatic heterocycles. The molecule has 0 aliphatic carbocycles. The minimum atomic E-state index is 0.104. The maximum absolute atomic E-state index is 8.83. The Morgan fingerprint density at radius 1 is 0.233 bits per heavy atom. The third kappa shape index (κ3) is 13.9. The molecule has 0 aliphatic rings. The third-order valence-electron chi connectivity index (χ3n) is 7.01. The number of benzene rings is 5. The van der Waals surface area contributed by atoms with E-state index in [1.54, 1.807) is 111 Å². The molecule has 0 heterocycles. The summed E-state index contributed by atoms with van der Waals surface area (Å²) in [6.45, 7) is 3.61. The fourth-order valence-electron chi connectivity index (χ4n) is 4.40. The Kier molecular flexibility index (Phi) is 18.7. The summed E-state index contributed by atoms with van der Waals surface area (Å²) in [5.74, 6) is 0.417. The average molecular weight is 783 g/mol. The van der Waals surface area contributed by atoms with E-state index in [0.29, 0.717) is 0 Å². The summed E-state index contributed by atoms with van der Waals surface area (Å²) < 4.78 is 0. The van der Waals surface area contributed by atoms with Gasteiger partial charge in [0.2, 0.25) is 0 Å². The first-order chi connectivity index (χ1) is 28.6. The van der Waals surface area contributed by atoms with Gasteiger partial charge in [-0.1, -0.05) is 0 Å². The largest absolute Gasteiger partial charge is 0.508 e. The summed E-state index contributed by atoms with van der Waals surface area (Å²) in [5.41, 5.74) is 3.08. The number of hydrogen-bond acceptors (Lipinski definition) is 16. The maximum Gasteiger partial charge on any atom is 0.119 e. The van der Waals surface area contributed by atoms with E-state index < -0.39 is 0 Å². The zero-order chi connectivity index (χ0) is 45.4. The predicted octanol–water partition coefficient (Wildman–Crippen LogP) is 6.33. The van der Waals surface area contributed by atoms with Gasteiger partial charge >= 0.3 is 0 Å². The molecule has 4 N–H and O–H groups in total. The van der Waals surface area contributed by atoms with Crippen molar-refractivity contribution in [1.82, 2.24) is 0 Å². The number of phenols is 4. The number of aromatic hydroxyl groups is 4. The molecule has 5 aromatic carbocycles. The number of hydrogen-bond donors (Lipinski definition) is 4. The molecule has 5 aromatic rings. The molecule has 0 radical (unpaired) electrons. The minimum absolute atomic E-state index is 0.104. The Morgan fingerprint density at radius 2 is 0.350 bits per heavy atom. The van der Waals surface area contributed by atoms with E-state index in [2.05, 4.69) is 0 Å². The zero-order valence-electron chi connectivity index (χ0n) is 31.1. The number of rotatable bonds is 0. The highest BCUT2D eigenvalue weighted by Crippen LogP contribution is 2.20. The van der Waals surface area contributed by atoms with Crippen LogP contribution in [-0.2, 0) is 0 Å². The highest BCUT2D eigenvalue weighted by molar-refractivity contribution is 5.59. The Labute approximate surface area is 343 Å². The van der Waals surface area contributed by atoms with Gasteiger partial charge in [-0.05, 0) is 85.6 Å². The van der Waals surface area contributed by atoms with Crippen molar-refractivity contribution in [2.45, 2.75) is 13.8 Å². The molecular formula is C44H22N12O4. The van der Waals surface area contributed by atoms with E-state index in [9.17, 15) is 0 Å². The molecule has 282 valence electrons. The van der Waals surface area contributed by atoms with Gasteiger partial charge in [0.25, 0.3) is 0 Å². The Hall–Kier alpha value is -10.8. The standard InChI is InChI=1S/3C10H2N4.2C7H8O2/c3*11-3-7-1-8(4-12)10(6-14)2-9(7)5-13;2*1-5-2-6(8)4-7(9)3-5/h3*1-2H;2*2-4,8-9H,1H3. The van der Waals surface area contributed by atoms with Crippen LogP contribution < -0.4 is 0 Å². The molecule has 0 amide bonds. The lowest BCUT2D eigenvalue weighted by molar-refractivity contribution is 0.448. The molecule has 0 bridgehead atoms. The van der Waals surface area contributed by atoms with Gasteiger partial charge in [0.05, 0.1) is 66.8 Å². The highest BCUT2D eigenvalue weighted by Gasteiger charge is 2.10. The van der Waals surface area contributed by atoms with Crippen molar-refractivity contribution in [3.05, 3.63) is 151 Å². The SMILES string of the molecule is Cc1cc(O)cc(O)c1.Cc1cc(O)cc(O)c1.N#Cc1cc(C#N)c(C#N)cc1C#N.N#Cc1cc(C#N)c(C#N)cc1C#N.N#Cc1cc(C#N)c(C#N)cc1C#N. The number of nitriles is 12. The smallest absolute Gasteiger partial charge is 0.119 e. The van der Waals surface area contributed by atoms with Crippen molar-refractivity contribution >= 4 is 0 Å². The Bertz CT molecular complexity index is 2310. The summed E-state index contributed by atoms with van der Waals surface area (Å²) in [6, 6.07) is 37.9. The lowest BCUT2D eigenvalue weighted by Gasteiger charge is -1.96. The van der Waals surface area contributed by atoms with Gasteiger partial charge in [-0.2, -0.15) is 63.1 Å². The molecule has 5 rings (SSSR count). The van der Waals surface area contributed by atoms with Gasteiger partial charge in [-0.25, -0.2) is 0 Å². The normalized spacial score (nSPS) is 8.23. The first-order valence-corrected chi connectivity index (χ1v) is 16.0. The summed E-state index contributed by atoms with van der Waals surface area (Å²) >= 11 is 0. The van der Waals surface area contributed by atoms with Crippen LogP contribution in [0.25, 0.3) is 0 Å². The van der Waals surface area contributed by atoms with Crippen molar-refractivity contribution in [2.24, 2.45) is 0 Å². The maximum atomic E-state index is 8.83. The van der Waals surface area contributed by atoms with Crippen LogP contribution in [0.1, 0.15) is 77.9 Å².